The monoisotopic (exact) mass is 311 g/mol. The van der Waals surface area contributed by atoms with Crippen LogP contribution in [0.4, 0.5) is 8.78 Å². The van der Waals surface area contributed by atoms with Crippen LogP contribution < -0.4 is 5.32 Å². The molecule has 6 heteroatoms. The highest BCUT2D eigenvalue weighted by Crippen LogP contribution is 2.12. The molecular weight excluding hydrogens is 288 g/mol. The lowest BCUT2D eigenvalue weighted by Gasteiger charge is -2.34. The predicted molar refractivity (Wildman–Crippen MR) is 81.4 cm³/mol. The van der Waals surface area contributed by atoms with Gasteiger partial charge in [0.05, 0.1) is 6.54 Å². The van der Waals surface area contributed by atoms with Gasteiger partial charge in [0.1, 0.15) is 0 Å². The van der Waals surface area contributed by atoms with Gasteiger partial charge in [-0.25, -0.2) is 8.78 Å². The van der Waals surface area contributed by atoms with E-state index >= 15 is 0 Å². The van der Waals surface area contributed by atoms with Gasteiger partial charge in [-0.1, -0.05) is 6.07 Å². The van der Waals surface area contributed by atoms with Gasteiger partial charge in [0.15, 0.2) is 11.6 Å². The first-order valence-electron chi connectivity index (χ1n) is 7.62. The summed E-state index contributed by atoms with van der Waals surface area (Å²) in [7, 11) is 0. The van der Waals surface area contributed by atoms with Crippen molar-refractivity contribution in [3.8, 4) is 0 Å². The number of amides is 1. The summed E-state index contributed by atoms with van der Waals surface area (Å²) in [6, 6.07) is 4.18. The van der Waals surface area contributed by atoms with E-state index in [1.807, 2.05) is 13.8 Å². The minimum atomic E-state index is -0.815. The first-order chi connectivity index (χ1) is 10.4. The van der Waals surface area contributed by atoms with Crippen molar-refractivity contribution in [1.82, 2.24) is 15.1 Å². The molecule has 1 aliphatic heterocycles. The van der Waals surface area contributed by atoms with Crippen LogP contribution in [-0.2, 0) is 11.3 Å². The Bertz CT molecular complexity index is 514. The molecule has 1 amide bonds. The molecule has 1 heterocycles. The largest absolute Gasteiger partial charge is 0.353 e. The molecular formula is C16H23F2N3O. The van der Waals surface area contributed by atoms with Crippen LogP contribution in [0.15, 0.2) is 18.2 Å². The molecule has 1 aromatic rings. The summed E-state index contributed by atoms with van der Waals surface area (Å²) in [6.07, 6.45) is 0. The molecule has 1 aliphatic rings. The molecule has 0 radical (unpaired) electrons. The molecule has 0 spiro atoms. The Labute approximate surface area is 130 Å². The Balaban J connectivity index is 1.77. The highest BCUT2D eigenvalue weighted by atomic mass is 19.2. The van der Waals surface area contributed by atoms with Crippen LogP contribution in [0.2, 0.25) is 0 Å². The molecule has 122 valence electrons. The van der Waals surface area contributed by atoms with Gasteiger partial charge in [0, 0.05) is 38.8 Å². The van der Waals surface area contributed by atoms with Gasteiger partial charge in [-0.3, -0.25) is 14.6 Å². The quantitative estimate of drug-likeness (QED) is 0.897. The fraction of sp³-hybridized carbons (Fsp3) is 0.562. The van der Waals surface area contributed by atoms with E-state index in [4.69, 9.17) is 0 Å². The van der Waals surface area contributed by atoms with Gasteiger partial charge < -0.3 is 5.32 Å². The Kier molecular flexibility index (Phi) is 5.85. The summed E-state index contributed by atoms with van der Waals surface area (Å²) < 4.78 is 26.1. The van der Waals surface area contributed by atoms with E-state index < -0.39 is 11.6 Å². The van der Waals surface area contributed by atoms with Gasteiger partial charge in [-0.15, -0.1) is 0 Å². The van der Waals surface area contributed by atoms with Crippen LogP contribution in [0, 0.1) is 11.6 Å². The van der Waals surface area contributed by atoms with Crippen LogP contribution in [0.25, 0.3) is 0 Å². The second kappa shape index (κ2) is 7.65. The molecule has 1 N–H and O–H groups in total. The summed E-state index contributed by atoms with van der Waals surface area (Å²) in [5.74, 6) is -1.57. The standard InChI is InChI=1S/C16H23F2N3O/c1-12(2)19-16(22)11-21-7-5-20(6-8-21)10-13-3-4-14(17)15(18)9-13/h3-4,9,12H,5-8,10-11H2,1-2H3,(H,19,22). The van der Waals surface area contributed by atoms with Crippen molar-refractivity contribution < 1.29 is 13.6 Å². The zero-order valence-corrected chi connectivity index (χ0v) is 13.1. The second-order valence-electron chi connectivity index (χ2n) is 6.02. The molecule has 0 atom stereocenters. The zero-order chi connectivity index (χ0) is 16.1. The lowest BCUT2D eigenvalue weighted by atomic mass is 10.2. The lowest BCUT2D eigenvalue weighted by Crippen LogP contribution is -2.49. The van der Waals surface area contributed by atoms with Crippen LogP contribution in [0.5, 0.6) is 0 Å². The van der Waals surface area contributed by atoms with Crippen molar-refractivity contribution in [2.45, 2.75) is 26.4 Å². The third-order valence-electron chi connectivity index (χ3n) is 3.67. The summed E-state index contributed by atoms with van der Waals surface area (Å²) in [4.78, 5) is 16.0. The molecule has 1 fully saturated rings. The van der Waals surface area contributed by atoms with Crippen molar-refractivity contribution in [1.29, 1.82) is 0 Å². The van der Waals surface area contributed by atoms with E-state index in [-0.39, 0.29) is 11.9 Å². The normalized spacial score (nSPS) is 17.0. The molecule has 0 aliphatic carbocycles. The van der Waals surface area contributed by atoms with Gasteiger partial charge >= 0.3 is 0 Å². The van der Waals surface area contributed by atoms with Crippen LogP contribution in [-0.4, -0.2) is 54.5 Å². The number of nitrogens with one attached hydrogen (secondary N) is 1. The molecule has 0 bridgehead atoms. The number of nitrogens with zero attached hydrogens (tertiary/aromatic N) is 2. The first-order valence-corrected chi connectivity index (χ1v) is 7.62. The first kappa shape index (κ1) is 16.8. The molecule has 1 saturated heterocycles. The summed E-state index contributed by atoms with van der Waals surface area (Å²) in [5.41, 5.74) is 0.768. The van der Waals surface area contributed by atoms with Crippen molar-refractivity contribution in [2.75, 3.05) is 32.7 Å². The van der Waals surface area contributed by atoms with Crippen molar-refractivity contribution in [3.63, 3.8) is 0 Å². The third-order valence-corrected chi connectivity index (χ3v) is 3.67. The molecule has 1 aromatic carbocycles. The maximum Gasteiger partial charge on any atom is 0.234 e. The van der Waals surface area contributed by atoms with E-state index in [1.54, 1.807) is 6.07 Å². The number of carbonyl (C=O) groups excluding carboxylic acids is 1. The smallest absolute Gasteiger partial charge is 0.234 e. The van der Waals surface area contributed by atoms with Gasteiger partial charge in [-0.2, -0.15) is 0 Å². The minimum absolute atomic E-state index is 0.0454. The molecule has 0 unspecified atom stereocenters. The van der Waals surface area contributed by atoms with Crippen molar-refractivity contribution in [2.24, 2.45) is 0 Å². The fourth-order valence-electron chi connectivity index (χ4n) is 2.57. The number of benzene rings is 1. The summed E-state index contributed by atoms with van der Waals surface area (Å²) in [5, 5.41) is 2.88. The Morgan fingerprint density at radius 3 is 2.36 bits per heavy atom. The molecule has 0 aromatic heterocycles. The minimum Gasteiger partial charge on any atom is -0.353 e. The maximum absolute atomic E-state index is 13.2. The van der Waals surface area contributed by atoms with E-state index in [9.17, 15) is 13.6 Å². The SMILES string of the molecule is CC(C)NC(=O)CN1CCN(Cc2ccc(F)c(F)c2)CC1. The van der Waals surface area contributed by atoms with E-state index in [2.05, 4.69) is 15.1 Å². The zero-order valence-electron chi connectivity index (χ0n) is 13.1. The molecule has 22 heavy (non-hydrogen) atoms. The number of rotatable bonds is 5. The van der Waals surface area contributed by atoms with E-state index in [0.717, 1.165) is 37.8 Å². The van der Waals surface area contributed by atoms with E-state index in [0.29, 0.717) is 13.1 Å². The van der Waals surface area contributed by atoms with E-state index in [1.165, 1.54) is 6.07 Å². The maximum atomic E-state index is 13.2. The fourth-order valence-corrected chi connectivity index (χ4v) is 2.57. The molecule has 2 rings (SSSR count). The average molecular weight is 311 g/mol. The highest BCUT2D eigenvalue weighted by Gasteiger charge is 2.19. The van der Waals surface area contributed by atoms with Gasteiger partial charge in [0.25, 0.3) is 0 Å². The summed E-state index contributed by atoms with van der Waals surface area (Å²) in [6.45, 7) is 8.13. The van der Waals surface area contributed by atoms with Crippen molar-refractivity contribution in [3.05, 3.63) is 35.4 Å². The second-order valence-corrected chi connectivity index (χ2v) is 6.02. The number of carbonyl (C=O) groups is 1. The number of piperazine rings is 1. The van der Waals surface area contributed by atoms with Crippen LogP contribution in [0.1, 0.15) is 19.4 Å². The summed E-state index contributed by atoms with van der Waals surface area (Å²) >= 11 is 0. The Morgan fingerprint density at radius 1 is 1.14 bits per heavy atom. The molecule has 4 nitrogen and oxygen atoms in total. The van der Waals surface area contributed by atoms with Gasteiger partial charge in [0.2, 0.25) is 5.91 Å². The number of halogens is 2. The third kappa shape index (κ3) is 5.03. The topological polar surface area (TPSA) is 35.6 Å². The number of hydrogen-bond donors (Lipinski definition) is 1. The van der Waals surface area contributed by atoms with Crippen LogP contribution >= 0.6 is 0 Å². The van der Waals surface area contributed by atoms with Crippen LogP contribution in [0.3, 0.4) is 0 Å². The Hall–Kier alpha value is -1.53. The number of hydrogen-bond acceptors (Lipinski definition) is 3. The molecule has 0 saturated carbocycles. The highest BCUT2D eigenvalue weighted by molar-refractivity contribution is 5.78. The average Bonchev–Trinajstić information content (AvgIpc) is 2.44. The van der Waals surface area contributed by atoms with Gasteiger partial charge in [-0.05, 0) is 31.5 Å². The van der Waals surface area contributed by atoms with Crippen molar-refractivity contribution >= 4 is 5.91 Å². The Morgan fingerprint density at radius 2 is 1.77 bits per heavy atom. The lowest BCUT2D eigenvalue weighted by molar-refractivity contribution is -0.123. The predicted octanol–water partition coefficient (Wildman–Crippen LogP) is 1.61.